The van der Waals surface area contributed by atoms with Crippen molar-refractivity contribution in [2.75, 3.05) is 18.0 Å². The molecular formula is C14H11Cl2N3O4S. The van der Waals surface area contributed by atoms with Crippen LogP contribution >= 0.6 is 23.2 Å². The first kappa shape index (κ1) is 16.8. The summed E-state index contributed by atoms with van der Waals surface area (Å²) >= 11 is 11.4. The van der Waals surface area contributed by atoms with Crippen LogP contribution in [-0.4, -0.2) is 32.5 Å². The van der Waals surface area contributed by atoms with Crippen LogP contribution in [0.15, 0.2) is 41.3 Å². The standard InChI is InChI=1S/C14H11Cl2N3O4S/c15-12-7-10(8-13(16)18-12)23-24(21,22)11-3-1-9(2-4-11)19-6-5-17-14(19)20/h1-4,7-8H,5-6H2,(H,17,20). The van der Waals surface area contributed by atoms with Gasteiger partial charge in [-0.1, -0.05) is 23.2 Å². The van der Waals surface area contributed by atoms with E-state index in [0.717, 1.165) is 0 Å². The average molecular weight is 388 g/mol. The van der Waals surface area contributed by atoms with E-state index >= 15 is 0 Å². The summed E-state index contributed by atoms with van der Waals surface area (Å²) in [6, 6.07) is 8.06. The molecule has 1 N–H and O–H groups in total. The Morgan fingerprint density at radius 1 is 1.12 bits per heavy atom. The van der Waals surface area contributed by atoms with Gasteiger partial charge in [-0.05, 0) is 24.3 Å². The number of hydrogen-bond acceptors (Lipinski definition) is 5. The number of anilines is 1. The third-order valence-corrected chi connectivity index (χ3v) is 4.88. The SMILES string of the molecule is O=C1NCCN1c1ccc(S(=O)(=O)Oc2cc(Cl)nc(Cl)c2)cc1. The summed E-state index contributed by atoms with van der Waals surface area (Å²) in [5.74, 6) is -0.0389. The molecule has 10 heteroatoms. The smallest absolute Gasteiger partial charge is 0.339 e. The van der Waals surface area contributed by atoms with E-state index in [2.05, 4.69) is 10.3 Å². The molecule has 7 nitrogen and oxygen atoms in total. The average Bonchev–Trinajstić information content (AvgIpc) is 2.92. The van der Waals surface area contributed by atoms with Crippen LogP contribution in [0.5, 0.6) is 5.75 Å². The van der Waals surface area contributed by atoms with Crippen molar-refractivity contribution < 1.29 is 17.4 Å². The molecule has 0 radical (unpaired) electrons. The van der Waals surface area contributed by atoms with Crippen LogP contribution in [-0.2, 0) is 10.1 Å². The predicted molar refractivity (Wildman–Crippen MR) is 89.3 cm³/mol. The highest BCUT2D eigenvalue weighted by Gasteiger charge is 2.23. The molecule has 0 unspecified atom stereocenters. The summed E-state index contributed by atoms with van der Waals surface area (Å²) < 4.78 is 29.6. The summed E-state index contributed by atoms with van der Waals surface area (Å²) in [5.41, 5.74) is 0.596. The van der Waals surface area contributed by atoms with Gasteiger partial charge < -0.3 is 9.50 Å². The van der Waals surface area contributed by atoms with E-state index in [9.17, 15) is 13.2 Å². The molecule has 1 aliphatic rings. The number of carbonyl (C=O) groups excluding carboxylic acids is 1. The molecule has 1 aromatic carbocycles. The van der Waals surface area contributed by atoms with Crippen LogP contribution in [0.4, 0.5) is 10.5 Å². The Kier molecular flexibility index (Phi) is 4.53. The van der Waals surface area contributed by atoms with Crippen molar-refractivity contribution in [3.8, 4) is 5.75 Å². The predicted octanol–water partition coefficient (Wildman–Crippen LogP) is 2.69. The molecule has 0 atom stereocenters. The van der Waals surface area contributed by atoms with Gasteiger partial charge in [0, 0.05) is 30.9 Å². The van der Waals surface area contributed by atoms with Crippen LogP contribution in [0.25, 0.3) is 0 Å². The minimum absolute atomic E-state index is 0.0168. The van der Waals surface area contributed by atoms with E-state index in [1.54, 1.807) is 0 Å². The van der Waals surface area contributed by atoms with Gasteiger partial charge in [0.05, 0.1) is 0 Å². The summed E-state index contributed by atoms with van der Waals surface area (Å²) in [4.78, 5) is 16.8. The lowest BCUT2D eigenvalue weighted by molar-refractivity contribution is 0.252. The maximum atomic E-state index is 12.3. The van der Waals surface area contributed by atoms with Crippen molar-refractivity contribution in [1.82, 2.24) is 10.3 Å². The molecule has 1 saturated heterocycles. The van der Waals surface area contributed by atoms with Gasteiger partial charge in [-0.2, -0.15) is 8.42 Å². The Hall–Kier alpha value is -2.03. The number of halogens is 2. The highest BCUT2D eigenvalue weighted by Crippen LogP contribution is 2.25. The van der Waals surface area contributed by atoms with Crippen molar-refractivity contribution in [1.29, 1.82) is 0 Å². The molecular weight excluding hydrogens is 377 g/mol. The van der Waals surface area contributed by atoms with Crippen molar-refractivity contribution >= 4 is 45.0 Å². The summed E-state index contributed by atoms with van der Waals surface area (Å²) in [5, 5.41) is 2.70. The van der Waals surface area contributed by atoms with Gasteiger partial charge in [-0.25, -0.2) is 9.78 Å². The molecule has 1 fully saturated rings. The quantitative estimate of drug-likeness (QED) is 0.643. The number of aromatic nitrogens is 1. The second-order valence-electron chi connectivity index (χ2n) is 4.86. The third-order valence-electron chi connectivity index (χ3n) is 3.24. The lowest BCUT2D eigenvalue weighted by atomic mass is 10.3. The zero-order valence-electron chi connectivity index (χ0n) is 12.1. The largest absolute Gasteiger partial charge is 0.379 e. The normalized spacial score (nSPS) is 14.6. The second-order valence-corrected chi connectivity index (χ2v) is 7.18. The fraction of sp³-hybridized carbons (Fsp3) is 0.143. The van der Waals surface area contributed by atoms with Crippen molar-refractivity contribution in [2.24, 2.45) is 0 Å². The second kappa shape index (κ2) is 6.46. The van der Waals surface area contributed by atoms with Crippen molar-refractivity contribution in [3.63, 3.8) is 0 Å². The van der Waals surface area contributed by atoms with E-state index in [1.165, 1.54) is 41.3 Å². The molecule has 0 spiro atoms. The lowest BCUT2D eigenvalue weighted by Crippen LogP contribution is -2.27. The number of carbonyl (C=O) groups is 1. The molecule has 3 rings (SSSR count). The van der Waals surface area contributed by atoms with Gasteiger partial charge in [-0.3, -0.25) is 4.90 Å². The molecule has 24 heavy (non-hydrogen) atoms. The highest BCUT2D eigenvalue weighted by atomic mass is 35.5. The Morgan fingerprint density at radius 2 is 1.75 bits per heavy atom. The number of rotatable bonds is 4. The Balaban J connectivity index is 1.83. The molecule has 126 valence electrons. The van der Waals surface area contributed by atoms with Crippen molar-refractivity contribution in [3.05, 3.63) is 46.7 Å². The van der Waals surface area contributed by atoms with Gasteiger partial charge in [0.15, 0.2) is 0 Å². The monoisotopic (exact) mass is 387 g/mol. The van der Waals surface area contributed by atoms with E-state index in [1.807, 2.05) is 0 Å². The number of amides is 2. The van der Waals surface area contributed by atoms with Crippen LogP contribution in [0.3, 0.4) is 0 Å². The molecule has 0 saturated carbocycles. The van der Waals surface area contributed by atoms with E-state index in [4.69, 9.17) is 27.4 Å². The van der Waals surface area contributed by atoms with Gasteiger partial charge in [-0.15, -0.1) is 0 Å². The minimum Gasteiger partial charge on any atom is -0.379 e. The third kappa shape index (κ3) is 3.55. The minimum atomic E-state index is -4.06. The number of urea groups is 1. The van der Waals surface area contributed by atoms with Gasteiger partial charge in [0.2, 0.25) is 0 Å². The van der Waals surface area contributed by atoms with E-state index in [0.29, 0.717) is 18.8 Å². The topological polar surface area (TPSA) is 88.6 Å². The zero-order valence-corrected chi connectivity index (χ0v) is 14.4. The maximum absolute atomic E-state index is 12.3. The zero-order chi connectivity index (χ0) is 17.3. The molecule has 0 bridgehead atoms. The first-order valence-electron chi connectivity index (χ1n) is 6.78. The number of benzene rings is 1. The molecule has 2 heterocycles. The van der Waals surface area contributed by atoms with Crippen LogP contribution < -0.4 is 14.4 Å². The lowest BCUT2D eigenvalue weighted by Gasteiger charge is -2.14. The molecule has 1 aromatic heterocycles. The first-order chi connectivity index (χ1) is 11.3. The molecule has 1 aliphatic heterocycles. The van der Waals surface area contributed by atoms with Crippen LogP contribution in [0.1, 0.15) is 0 Å². The molecule has 2 amide bonds. The van der Waals surface area contributed by atoms with Crippen LogP contribution in [0.2, 0.25) is 10.3 Å². The Bertz CT molecular complexity index is 867. The Labute approximate surface area is 148 Å². The fourth-order valence-corrected chi connectivity index (χ4v) is 3.53. The highest BCUT2D eigenvalue weighted by molar-refractivity contribution is 7.87. The fourth-order valence-electron chi connectivity index (χ4n) is 2.18. The van der Waals surface area contributed by atoms with Gasteiger partial charge >= 0.3 is 16.1 Å². The number of hydrogen-bond donors (Lipinski definition) is 1. The summed E-state index contributed by atoms with van der Waals surface area (Å²) in [6.45, 7) is 1.07. The number of pyridine rings is 1. The number of nitrogens with zero attached hydrogens (tertiary/aromatic N) is 2. The van der Waals surface area contributed by atoms with Crippen LogP contribution in [0, 0.1) is 0 Å². The first-order valence-corrected chi connectivity index (χ1v) is 8.94. The van der Waals surface area contributed by atoms with Crippen molar-refractivity contribution in [2.45, 2.75) is 4.90 Å². The Morgan fingerprint density at radius 3 is 2.29 bits per heavy atom. The van der Waals surface area contributed by atoms with Gasteiger partial charge in [0.1, 0.15) is 21.0 Å². The van der Waals surface area contributed by atoms with Gasteiger partial charge in [0.25, 0.3) is 0 Å². The maximum Gasteiger partial charge on any atom is 0.339 e. The molecule has 2 aromatic rings. The summed E-state index contributed by atoms with van der Waals surface area (Å²) in [6.07, 6.45) is 0. The van der Waals surface area contributed by atoms with E-state index in [-0.39, 0.29) is 27.0 Å². The van der Waals surface area contributed by atoms with E-state index < -0.39 is 10.1 Å². The summed E-state index contributed by atoms with van der Waals surface area (Å²) in [7, 11) is -4.06. The molecule has 0 aliphatic carbocycles. The number of nitrogens with one attached hydrogen (secondary N) is 1.